The molecule has 16 heavy (non-hydrogen) atoms. The van der Waals surface area contributed by atoms with Crippen molar-refractivity contribution in [1.29, 1.82) is 0 Å². The summed E-state index contributed by atoms with van der Waals surface area (Å²) in [6.45, 7) is 0.977. The number of carbonyl (C=O) groups is 1. The zero-order valence-electron chi connectivity index (χ0n) is 8.49. The van der Waals surface area contributed by atoms with E-state index in [0.29, 0.717) is 34.6 Å². The van der Waals surface area contributed by atoms with E-state index in [-0.39, 0.29) is 5.91 Å². The molecule has 2 rings (SSSR count). The van der Waals surface area contributed by atoms with E-state index < -0.39 is 6.10 Å². The minimum atomic E-state index is -0.408. The van der Waals surface area contributed by atoms with Crippen molar-refractivity contribution >= 4 is 33.4 Å². The van der Waals surface area contributed by atoms with Crippen LogP contribution >= 0.6 is 27.5 Å². The number of carbonyl (C=O) groups excluding carboxylic acids is 1. The van der Waals surface area contributed by atoms with Gasteiger partial charge in [-0.3, -0.25) is 4.79 Å². The molecule has 0 radical (unpaired) electrons. The third kappa shape index (κ3) is 2.24. The second kappa shape index (κ2) is 4.73. The van der Waals surface area contributed by atoms with Crippen molar-refractivity contribution < 1.29 is 9.90 Å². The van der Waals surface area contributed by atoms with Crippen LogP contribution in [0, 0.1) is 0 Å². The number of β-amino-alcohol motifs (C(OH)–C–C–N with tert-alkyl or cyclic N) is 1. The Kier molecular flexibility index (Phi) is 3.52. The first-order valence-corrected chi connectivity index (χ1v) is 6.18. The van der Waals surface area contributed by atoms with Crippen LogP contribution in [0.5, 0.6) is 0 Å². The van der Waals surface area contributed by atoms with E-state index in [1.165, 1.54) is 0 Å². The zero-order chi connectivity index (χ0) is 11.7. The van der Waals surface area contributed by atoms with Gasteiger partial charge in [-0.1, -0.05) is 17.7 Å². The number of rotatable bonds is 1. The number of aliphatic hydroxyl groups is 1. The van der Waals surface area contributed by atoms with Gasteiger partial charge in [-0.05, 0) is 34.5 Å². The van der Waals surface area contributed by atoms with Crippen molar-refractivity contribution in [2.24, 2.45) is 0 Å². The molecule has 0 aliphatic carbocycles. The molecule has 1 aliphatic heterocycles. The van der Waals surface area contributed by atoms with Crippen molar-refractivity contribution in [3.05, 3.63) is 33.3 Å². The average Bonchev–Trinajstić information content (AvgIpc) is 2.68. The number of benzene rings is 1. The molecule has 3 nitrogen and oxygen atoms in total. The van der Waals surface area contributed by atoms with Crippen LogP contribution in [0.25, 0.3) is 0 Å². The largest absolute Gasteiger partial charge is 0.391 e. The molecule has 1 N–H and O–H groups in total. The number of likely N-dealkylation sites (tertiary alicyclic amines) is 1. The van der Waals surface area contributed by atoms with E-state index in [0.717, 1.165) is 0 Å². The fourth-order valence-electron chi connectivity index (χ4n) is 1.77. The summed E-state index contributed by atoms with van der Waals surface area (Å²) in [5, 5.41) is 9.81. The first kappa shape index (κ1) is 11.9. The minimum Gasteiger partial charge on any atom is -0.391 e. The SMILES string of the molecule is O=C(c1cccc(Br)c1Cl)N1CC[C@@H](O)C1. The lowest BCUT2D eigenvalue weighted by atomic mass is 10.2. The summed E-state index contributed by atoms with van der Waals surface area (Å²) >= 11 is 9.33. The lowest BCUT2D eigenvalue weighted by molar-refractivity contribution is 0.0765. The Morgan fingerprint density at radius 2 is 2.31 bits per heavy atom. The quantitative estimate of drug-likeness (QED) is 0.865. The number of hydrogen-bond acceptors (Lipinski definition) is 2. The molecule has 86 valence electrons. The molecule has 1 atom stereocenters. The van der Waals surface area contributed by atoms with Crippen molar-refractivity contribution in [3.8, 4) is 0 Å². The smallest absolute Gasteiger partial charge is 0.255 e. The highest BCUT2D eigenvalue weighted by molar-refractivity contribution is 9.10. The third-order valence-corrected chi connectivity index (χ3v) is 3.93. The Balaban J connectivity index is 2.24. The van der Waals surface area contributed by atoms with Crippen LogP contribution in [0.15, 0.2) is 22.7 Å². The van der Waals surface area contributed by atoms with Gasteiger partial charge in [0.05, 0.1) is 16.7 Å². The number of nitrogens with zero attached hydrogens (tertiary/aromatic N) is 1. The maximum atomic E-state index is 12.1. The van der Waals surface area contributed by atoms with Crippen LogP contribution in [0.3, 0.4) is 0 Å². The summed E-state index contributed by atoms with van der Waals surface area (Å²) in [6, 6.07) is 5.26. The number of hydrogen-bond donors (Lipinski definition) is 1. The Morgan fingerprint density at radius 3 is 2.94 bits per heavy atom. The van der Waals surface area contributed by atoms with Crippen LogP contribution in [-0.2, 0) is 0 Å². The molecule has 1 saturated heterocycles. The van der Waals surface area contributed by atoms with E-state index in [1.807, 2.05) is 0 Å². The summed E-state index contributed by atoms with van der Waals surface area (Å²) in [7, 11) is 0. The maximum absolute atomic E-state index is 12.1. The molecule has 0 spiro atoms. The van der Waals surface area contributed by atoms with E-state index in [2.05, 4.69) is 15.9 Å². The fraction of sp³-hybridized carbons (Fsp3) is 0.364. The maximum Gasteiger partial charge on any atom is 0.255 e. The summed E-state index contributed by atoms with van der Waals surface area (Å²) in [4.78, 5) is 13.7. The Hall–Kier alpha value is -0.580. The van der Waals surface area contributed by atoms with Gasteiger partial charge in [0.2, 0.25) is 0 Å². The molecule has 0 bridgehead atoms. The monoisotopic (exact) mass is 303 g/mol. The van der Waals surface area contributed by atoms with Gasteiger partial charge in [0.25, 0.3) is 5.91 Å². The van der Waals surface area contributed by atoms with Crippen molar-refractivity contribution in [1.82, 2.24) is 4.90 Å². The summed E-state index contributed by atoms with van der Waals surface area (Å²) in [5.41, 5.74) is 0.477. The molecule has 1 fully saturated rings. The molecule has 0 unspecified atom stereocenters. The second-order valence-electron chi connectivity index (χ2n) is 3.80. The molecule has 1 heterocycles. The van der Waals surface area contributed by atoms with Gasteiger partial charge >= 0.3 is 0 Å². The van der Waals surface area contributed by atoms with E-state index in [9.17, 15) is 9.90 Å². The van der Waals surface area contributed by atoms with Gasteiger partial charge < -0.3 is 10.0 Å². The zero-order valence-corrected chi connectivity index (χ0v) is 10.8. The van der Waals surface area contributed by atoms with Crippen LogP contribution in [0.1, 0.15) is 16.8 Å². The Morgan fingerprint density at radius 1 is 1.56 bits per heavy atom. The molecule has 5 heteroatoms. The highest BCUT2D eigenvalue weighted by Gasteiger charge is 2.26. The minimum absolute atomic E-state index is 0.122. The summed E-state index contributed by atoms with van der Waals surface area (Å²) < 4.78 is 0.708. The van der Waals surface area contributed by atoms with Crippen LogP contribution in [0.2, 0.25) is 5.02 Å². The highest BCUT2D eigenvalue weighted by Crippen LogP contribution is 2.27. The van der Waals surface area contributed by atoms with Gasteiger partial charge in [-0.2, -0.15) is 0 Å². The van der Waals surface area contributed by atoms with Gasteiger partial charge in [-0.25, -0.2) is 0 Å². The van der Waals surface area contributed by atoms with Gasteiger partial charge in [-0.15, -0.1) is 0 Å². The Labute approximate surface area is 107 Å². The molecule has 1 amide bonds. The summed E-state index contributed by atoms with van der Waals surface area (Å²) in [6.07, 6.45) is 0.229. The van der Waals surface area contributed by atoms with Crippen molar-refractivity contribution in [2.45, 2.75) is 12.5 Å². The van der Waals surface area contributed by atoms with Crippen LogP contribution in [0.4, 0.5) is 0 Å². The highest BCUT2D eigenvalue weighted by atomic mass is 79.9. The molecule has 1 aromatic rings. The molecule has 1 aliphatic rings. The average molecular weight is 305 g/mol. The van der Waals surface area contributed by atoms with Crippen molar-refractivity contribution in [2.75, 3.05) is 13.1 Å². The lowest BCUT2D eigenvalue weighted by Gasteiger charge is -2.16. The lowest BCUT2D eigenvalue weighted by Crippen LogP contribution is -2.29. The number of halogens is 2. The van der Waals surface area contributed by atoms with Crippen LogP contribution < -0.4 is 0 Å². The van der Waals surface area contributed by atoms with Gasteiger partial charge in [0.1, 0.15) is 0 Å². The molecule has 0 aromatic heterocycles. The van der Waals surface area contributed by atoms with Crippen LogP contribution in [-0.4, -0.2) is 35.1 Å². The second-order valence-corrected chi connectivity index (χ2v) is 5.03. The number of aliphatic hydroxyl groups excluding tert-OH is 1. The normalized spacial score (nSPS) is 20.2. The van der Waals surface area contributed by atoms with Gasteiger partial charge in [0.15, 0.2) is 0 Å². The topological polar surface area (TPSA) is 40.5 Å². The molecular formula is C11H11BrClNO2. The first-order valence-electron chi connectivity index (χ1n) is 5.01. The fourth-order valence-corrected chi connectivity index (χ4v) is 2.34. The first-order chi connectivity index (χ1) is 7.59. The van der Waals surface area contributed by atoms with E-state index in [4.69, 9.17) is 11.6 Å². The Bertz CT molecular complexity index is 424. The third-order valence-electron chi connectivity index (χ3n) is 2.63. The van der Waals surface area contributed by atoms with Crippen molar-refractivity contribution in [3.63, 3.8) is 0 Å². The molecule has 0 saturated carbocycles. The molecule has 1 aromatic carbocycles. The van der Waals surface area contributed by atoms with E-state index >= 15 is 0 Å². The predicted octanol–water partition coefficient (Wildman–Crippen LogP) is 2.31. The standard InChI is InChI=1S/C11H11BrClNO2/c12-9-3-1-2-8(10(9)13)11(16)14-5-4-7(15)6-14/h1-3,7,15H,4-6H2/t7-/m1/s1. The summed E-state index contributed by atoms with van der Waals surface area (Å²) in [5.74, 6) is -0.122. The molecular weight excluding hydrogens is 293 g/mol. The van der Waals surface area contributed by atoms with E-state index in [1.54, 1.807) is 23.1 Å². The number of amides is 1. The predicted molar refractivity (Wildman–Crippen MR) is 65.7 cm³/mol. The van der Waals surface area contributed by atoms with Gasteiger partial charge in [0, 0.05) is 17.6 Å².